The van der Waals surface area contributed by atoms with E-state index in [-0.39, 0.29) is 23.5 Å². The van der Waals surface area contributed by atoms with E-state index in [4.69, 9.17) is 4.42 Å². The van der Waals surface area contributed by atoms with Crippen molar-refractivity contribution in [3.8, 4) is 0 Å². The van der Waals surface area contributed by atoms with Crippen LogP contribution in [0.15, 0.2) is 52.4 Å². The van der Waals surface area contributed by atoms with Crippen molar-refractivity contribution in [2.24, 2.45) is 0 Å². The van der Waals surface area contributed by atoms with Crippen LogP contribution in [0.1, 0.15) is 11.6 Å². The van der Waals surface area contributed by atoms with Crippen molar-refractivity contribution in [1.82, 2.24) is 14.6 Å². The third-order valence-corrected chi connectivity index (χ3v) is 5.12. The van der Waals surface area contributed by atoms with Gasteiger partial charge in [-0.2, -0.15) is 4.31 Å². The smallest absolute Gasteiger partial charge is 0.277 e. The van der Waals surface area contributed by atoms with Crippen LogP contribution < -0.4 is 5.32 Å². The van der Waals surface area contributed by atoms with Crippen LogP contribution in [0, 0.1) is 0 Å². The van der Waals surface area contributed by atoms with Gasteiger partial charge in [-0.05, 0) is 23.8 Å². The van der Waals surface area contributed by atoms with Gasteiger partial charge in [-0.3, -0.25) is 4.98 Å². The Labute approximate surface area is 129 Å². The fourth-order valence-electron chi connectivity index (χ4n) is 2.36. The quantitative estimate of drug-likeness (QED) is 0.922. The largest absolute Gasteiger partial charge is 0.452 e. The maximum Gasteiger partial charge on any atom is 0.277 e. The lowest BCUT2D eigenvalue weighted by atomic mass is 10.1. The topological polar surface area (TPSA) is 75.4 Å². The number of hydrogen-bond acceptors (Lipinski definition) is 5. The summed E-state index contributed by atoms with van der Waals surface area (Å²) in [5, 5.41) is 3.20. The molecule has 1 atom stereocenters. The number of nitrogens with zero attached hydrogens (tertiary/aromatic N) is 2. The van der Waals surface area contributed by atoms with Crippen molar-refractivity contribution in [1.29, 1.82) is 0 Å². The van der Waals surface area contributed by atoms with Crippen molar-refractivity contribution in [3.05, 3.63) is 48.5 Å². The SMILES string of the molecule is Cl.O=S(=O)(c1ccco1)N1CCNCC1c1cccnc1. The van der Waals surface area contributed by atoms with Crippen LogP contribution in [0.5, 0.6) is 0 Å². The van der Waals surface area contributed by atoms with E-state index in [0.29, 0.717) is 19.6 Å². The Kier molecular flexibility index (Phi) is 5.00. The van der Waals surface area contributed by atoms with Gasteiger partial charge in [0.05, 0.1) is 12.3 Å². The van der Waals surface area contributed by atoms with E-state index in [1.165, 1.54) is 16.6 Å². The van der Waals surface area contributed by atoms with Crippen molar-refractivity contribution in [3.63, 3.8) is 0 Å². The summed E-state index contributed by atoms with van der Waals surface area (Å²) in [5.74, 6) is 0. The molecule has 2 aromatic rings. The molecule has 8 heteroatoms. The molecule has 0 aliphatic carbocycles. The summed E-state index contributed by atoms with van der Waals surface area (Å²) in [5.41, 5.74) is 0.870. The molecule has 21 heavy (non-hydrogen) atoms. The summed E-state index contributed by atoms with van der Waals surface area (Å²) in [7, 11) is -3.62. The third-order valence-electron chi connectivity index (χ3n) is 3.32. The van der Waals surface area contributed by atoms with Crippen LogP contribution >= 0.6 is 12.4 Å². The highest BCUT2D eigenvalue weighted by molar-refractivity contribution is 7.89. The van der Waals surface area contributed by atoms with Crippen LogP contribution in [-0.4, -0.2) is 37.3 Å². The van der Waals surface area contributed by atoms with E-state index >= 15 is 0 Å². The molecule has 1 unspecified atom stereocenters. The van der Waals surface area contributed by atoms with Gasteiger partial charge in [0.1, 0.15) is 0 Å². The van der Waals surface area contributed by atoms with E-state index in [1.807, 2.05) is 12.1 Å². The molecule has 114 valence electrons. The molecule has 1 fully saturated rings. The first-order valence-electron chi connectivity index (χ1n) is 6.35. The number of sulfonamides is 1. The molecule has 0 radical (unpaired) electrons. The molecule has 6 nitrogen and oxygen atoms in total. The summed E-state index contributed by atoms with van der Waals surface area (Å²) in [6.45, 7) is 1.59. The molecule has 3 heterocycles. The maximum atomic E-state index is 12.6. The molecule has 0 bridgehead atoms. The van der Waals surface area contributed by atoms with E-state index < -0.39 is 10.0 Å². The number of rotatable bonds is 3. The normalized spacial score (nSPS) is 19.9. The highest BCUT2D eigenvalue weighted by Crippen LogP contribution is 2.28. The number of aromatic nitrogens is 1. The minimum absolute atomic E-state index is 0. The van der Waals surface area contributed by atoms with Crippen molar-refractivity contribution < 1.29 is 12.8 Å². The molecular weight excluding hydrogens is 314 g/mol. The second kappa shape index (κ2) is 6.57. The van der Waals surface area contributed by atoms with Crippen molar-refractivity contribution >= 4 is 22.4 Å². The lowest BCUT2D eigenvalue weighted by molar-refractivity contribution is 0.264. The summed E-state index contributed by atoms with van der Waals surface area (Å²) < 4.78 is 31.8. The molecule has 0 amide bonds. The number of hydrogen-bond donors (Lipinski definition) is 1. The Bertz CT molecular complexity index is 661. The summed E-state index contributed by atoms with van der Waals surface area (Å²) in [6.07, 6.45) is 4.74. The van der Waals surface area contributed by atoms with E-state index in [0.717, 1.165) is 5.56 Å². The number of halogens is 1. The molecule has 2 aromatic heterocycles. The van der Waals surface area contributed by atoms with Crippen LogP contribution in [0.4, 0.5) is 0 Å². The third kappa shape index (κ3) is 3.11. The average molecular weight is 330 g/mol. The second-order valence-electron chi connectivity index (χ2n) is 4.55. The molecule has 1 aliphatic rings. The van der Waals surface area contributed by atoms with Crippen LogP contribution in [0.2, 0.25) is 0 Å². The van der Waals surface area contributed by atoms with Gasteiger partial charge < -0.3 is 9.73 Å². The van der Waals surface area contributed by atoms with Gasteiger partial charge in [-0.15, -0.1) is 12.4 Å². The fourth-order valence-corrected chi connectivity index (χ4v) is 3.88. The molecule has 1 aliphatic heterocycles. The minimum atomic E-state index is -3.62. The molecular formula is C13H16ClN3O3S. The fraction of sp³-hybridized carbons (Fsp3) is 0.308. The molecule has 0 saturated carbocycles. The first-order chi connectivity index (χ1) is 9.69. The number of piperazine rings is 1. The van der Waals surface area contributed by atoms with Gasteiger partial charge >= 0.3 is 0 Å². The van der Waals surface area contributed by atoms with Crippen LogP contribution in [0.25, 0.3) is 0 Å². The minimum Gasteiger partial charge on any atom is -0.452 e. The molecule has 3 rings (SSSR count). The highest BCUT2D eigenvalue weighted by atomic mass is 35.5. The lowest BCUT2D eigenvalue weighted by Gasteiger charge is -2.34. The van der Waals surface area contributed by atoms with Crippen LogP contribution in [0.3, 0.4) is 0 Å². The van der Waals surface area contributed by atoms with Gasteiger partial charge in [0.15, 0.2) is 0 Å². The van der Waals surface area contributed by atoms with Gasteiger partial charge in [0.25, 0.3) is 10.0 Å². The van der Waals surface area contributed by atoms with E-state index in [2.05, 4.69) is 10.3 Å². The first-order valence-corrected chi connectivity index (χ1v) is 7.79. The van der Waals surface area contributed by atoms with Crippen molar-refractivity contribution in [2.75, 3.05) is 19.6 Å². The summed E-state index contributed by atoms with van der Waals surface area (Å²) in [6, 6.07) is 6.47. The second-order valence-corrected chi connectivity index (χ2v) is 6.38. The Balaban J connectivity index is 0.00000161. The van der Waals surface area contributed by atoms with Gasteiger partial charge in [0.2, 0.25) is 5.09 Å². The van der Waals surface area contributed by atoms with Crippen molar-refractivity contribution in [2.45, 2.75) is 11.1 Å². The summed E-state index contributed by atoms with van der Waals surface area (Å²) >= 11 is 0. The average Bonchev–Trinajstić information content (AvgIpc) is 3.03. The van der Waals surface area contributed by atoms with Gasteiger partial charge in [-0.25, -0.2) is 8.42 Å². The lowest BCUT2D eigenvalue weighted by Crippen LogP contribution is -2.48. The predicted molar refractivity (Wildman–Crippen MR) is 79.7 cm³/mol. The van der Waals surface area contributed by atoms with Gasteiger partial charge in [-0.1, -0.05) is 6.07 Å². The van der Waals surface area contributed by atoms with E-state index in [9.17, 15) is 8.42 Å². The first kappa shape index (κ1) is 16.0. The standard InChI is InChI=1S/C13H15N3O3S.ClH/c17-20(18,13-4-2-8-19-13)16-7-6-15-10-12(16)11-3-1-5-14-9-11;/h1-5,8-9,12,15H,6-7,10H2;1H. The molecule has 0 spiro atoms. The highest BCUT2D eigenvalue weighted by Gasteiger charge is 2.35. The Morgan fingerprint density at radius 1 is 1.33 bits per heavy atom. The number of furan rings is 1. The zero-order valence-corrected chi connectivity index (χ0v) is 12.8. The number of nitrogens with one attached hydrogen (secondary N) is 1. The molecule has 1 N–H and O–H groups in total. The zero-order valence-electron chi connectivity index (χ0n) is 11.2. The maximum absolute atomic E-state index is 12.6. The number of pyridine rings is 1. The van der Waals surface area contributed by atoms with Crippen LogP contribution in [-0.2, 0) is 10.0 Å². The zero-order chi connectivity index (χ0) is 14.0. The Morgan fingerprint density at radius 3 is 2.86 bits per heavy atom. The van der Waals surface area contributed by atoms with E-state index in [1.54, 1.807) is 18.5 Å². The molecule has 1 saturated heterocycles. The predicted octanol–water partition coefficient (Wildman–Crippen LogP) is 1.43. The monoisotopic (exact) mass is 329 g/mol. The van der Waals surface area contributed by atoms with Gasteiger partial charge in [0, 0.05) is 32.0 Å². The summed E-state index contributed by atoms with van der Waals surface area (Å²) in [4.78, 5) is 4.07. The Hall–Kier alpha value is -1.41. The Morgan fingerprint density at radius 2 is 2.19 bits per heavy atom. The molecule has 0 aromatic carbocycles.